The first kappa shape index (κ1) is 19.0. The SMILES string of the molecule is COC(=O)c1cccc(CN=C(N)NC(C)CCCC(C)C)c1. The van der Waals surface area contributed by atoms with E-state index in [0.717, 1.165) is 17.9 Å². The Bertz CT molecular complexity index is 527. The number of carbonyl (C=O) groups is 1. The van der Waals surface area contributed by atoms with Crippen molar-refractivity contribution in [3.05, 3.63) is 35.4 Å². The fourth-order valence-corrected chi connectivity index (χ4v) is 2.29. The summed E-state index contributed by atoms with van der Waals surface area (Å²) in [6, 6.07) is 7.52. The smallest absolute Gasteiger partial charge is 0.337 e. The van der Waals surface area contributed by atoms with Gasteiger partial charge in [-0.15, -0.1) is 0 Å². The summed E-state index contributed by atoms with van der Waals surface area (Å²) in [6.07, 6.45) is 3.48. The molecule has 0 aliphatic carbocycles. The Kier molecular flexibility index (Phi) is 8.16. The van der Waals surface area contributed by atoms with E-state index in [0.29, 0.717) is 24.1 Å². The number of hydrogen-bond donors (Lipinski definition) is 2. The molecule has 0 saturated heterocycles. The molecular weight excluding hydrogens is 290 g/mol. The lowest BCUT2D eigenvalue weighted by Crippen LogP contribution is -2.38. The zero-order valence-electron chi connectivity index (χ0n) is 14.6. The van der Waals surface area contributed by atoms with Crippen LogP contribution in [0.15, 0.2) is 29.3 Å². The molecule has 5 nitrogen and oxygen atoms in total. The van der Waals surface area contributed by atoms with E-state index in [-0.39, 0.29) is 5.97 Å². The molecule has 1 unspecified atom stereocenters. The summed E-state index contributed by atoms with van der Waals surface area (Å²) in [6.45, 7) is 7.01. The van der Waals surface area contributed by atoms with Gasteiger partial charge < -0.3 is 15.8 Å². The molecule has 0 aliphatic rings. The number of nitrogens with two attached hydrogens (primary N) is 1. The van der Waals surface area contributed by atoms with Crippen LogP contribution in [0, 0.1) is 5.92 Å². The first-order valence-corrected chi connectivity index (χ1v) is 8.16. The van der Waals surface area contributed by atoms with Crippen LogP contribution in [-0.2, 0) is 11.3 Å². The van der Waals surface area contributed by atoms with Crippen LogP contribution in [-0.4, -0.2) is 25.1 Å². The quantitative estimate of drug-likeness (QED) is 0.438. The minimum Gasteiger partial charge on any atom is -0.465 e. The van der Waals surface area contributed by atoms with E-state index in [9.17, 15) is 4.79 Å². The van der Waals surface area contributed by atoms with Gasteiger partial charge >= 0.3 is 5.97 Å². The predicted octanol–water partition coefficient (Wildman–Crippen LogP) is 3.09. The van der Waals surface area contributed by atoms with E-state index in [1.54, 1.807) is 12.1 Å². The van der Waals surface area contributed by atoms with Crippen molar-refractivity contribution in [2.75, 3.05) is 7.11 Å². The van der Waals surface area contributed by atoms with E-state index in [2.05, 4.69) is 31.1 Å². The first-order chi connectivity index (χ1) is 10.9. The summed E-state index contributed by atoms with van der Waals surface area (Å²) in [5.74, 6) is 0.821. The van der Waals surface area contributed by atoms with Gasteiger partial charge in [0.15, 0.2) is 5.96 Å². The van der Waals surface area contributed by atoms with Crippen LogP contribution in [0.3, 0.4) is 0 Å². The third-order valence-corrected chi connectivity index (χ3v) is 3.59. The van der Waals surface area contributed by atoms with E-state index < -0.39 is 0 Å². The van der Waals surface area contributed by atoms with Gasteiger partial charge in [-0.1, -0.05) is 38.8 Å². The Morgan fingerprint density at radius 2 is 2.04 bits per heavy atom. The molecule has 1 rings (SSSR count). The zero-order valence-corrected chi connectivity index (χ0v) is 14.6. The number of nitrogens with zero attached hydrogens (tertiary/aromatic N) is 1. The minimum atomic E-state index is -0.347. The molecule has 0 saturated carbocycles. The van der Waals surface area contributed by atoms with Crippen molar-refractivity contribution in [3.8, 4) is 0 Å². The third-order valence-electron chi connectivity index (χ3n) is 3.59. The lowest BCUT2D eigenvalue weighted by molar-refractivity contribution is 0.0600. The number of guanidine groups is 1. The molecule has 23 heavy (non-hydrogen) atoms. The lowest BCUT2D eigenvalue weighted by atomic mass is 10.0. The van der Waals surface area contributed by atoms with Crippen LogP contribution < -0.4 is 11.1 Å². The molecule has 0 amide bonds. The summed E-state index contributed by atoms with van der Waals surface area (Å²) < 4.78 is 4.71. The van der Waals surface area contributed by atoms with Crippen LogP contribution in [0.5, 0.6) is 0 Å². The van der Waals surface area contributed by atoms with Crippen LogP contribution in [0.1, 0.15) is 56.0 Å². The lowest BCUT2D eigenvalue weighted by Gasteiger charge is -2.15. The van der Waals surface area contributed by atoms with Gasteiger partial charge in [-0.05, 0) is 37.0 Å². The number of methoxy groups -OCH3 is 1. The number of carbonyl (C=O) groups excluding carboxylic acids is 1. The summed E-state index contributed by atoms with van der Waals surface area (Å²) >= 11 is 0. The van der Waals surface area contributed by atoms with Crippen molar-refractivity contribution in [1.82, 2.24) is 5.32 Å². The first-order valence-electron chi connectivity index (χ1n) is 8.16. The maximum atomic E-state index is 11.5. The summed E-state index contributed by atoms with van der Waals surface area (Å²) in [5, 5.41) is 3.21. The molecular formula is C18H29N3O2. The Hall–Kier alpha value is -2.04. The highest BCUT2D eigenvalue weighted by Gasteiger charge is 2.06. The second kappa shape index (κ2) is 9.87. The van der Waals surface area contributed by atoms with Gasteiger partial charge in [0, 0.05) is 6.04 Å². The normalized spacial score (nSPS) is 13.0. The third kappa shape index (κ3) is 7.68. The molecule has 128 valence electrons. The monoisotopic (exact) mass is 319 g/mol. The number of benzene rings is 1. The van der Waals surface area contributed by atoms with Crippen molar-refractivity contribution in [1.29, 1.82) is 0 Å². The highest BCUT2D eigenvalue weighted by molar-refractivity contribution is 5.89. The van der Waals surface area contributed by atoms with Gasteiger partial charge in [0.2, 0.25) is 0 Å². The van der Waals surface area contributed by atoms with Gasteiger partial charge in [0.25, 0.3) is 0 Å². The number of hydrogen-bond acceptors (Lipinski definition) is 3. The number of ether oxygens (including phenoxy) is 1. The van der Waals surface area contributed by atoms with Gasteiger partial charge in [-0.25, -0.2) is 9.79 Å². The Labute approximate surface area is 139 Å². The van der Waals surface area contributed by atoms with Gasteiger partial charge in [0.1, 0.15) is 0 Å². The van der Waals surface area contributed by atoms with Crippen LogP contribution in [0.2, 0.25) is 0 Å². The van der Waals surface area contributed by atoms with E-state index in [4.69, 9.17) is 10.5 Å². The molecule has 0 bridgehead atoms. The maximum absolute atomic E-state index is 11.5. The van der Waals surface area contributed by atoms with Crippen LogP contribution in [0.4, 0.5) is 0 Å². The van der Waals surface area contributed by atoms with E-state index in [1.165, 1.54) is 20.0 Å². The number of nitrogens with one attached hydrogen (secondary N) is 1. The van der Waals surface area contributed by atoms with Crippen LogP contribution >= 0.6 is 0 Å². The zero-order chi connectivity index (χ0) is 17.2. The molecule has 0 spiro atoms. The summed E-state index contributed by atoms with van der Waals surface area (Å²) in [5.41, 5.74) is 7.37. The average molecular weight is 319 g/mol. The Morgan fingerprint density at radius 3 is 2.70 bits per heavy atom. The molecule has 5 heteroatoms. The van der Waals surface area contributed by atoms with Gasteiger partial charge in [0.05, 0.1) is 19.2 Å². The van der Waals surface area contributed by atoms with Gasteiger partial charge in [-0.2, -0.15) is 0 Å². The molecule has 1 aromatic rings. The second-order valence-electron chi connectivity index (χ2n) is 6.26. The van der Waals surface area contributed by atoms with Crippen molar-refractivity contribution >= 4 is 11.9 Å². The van der Waals surface area contributed by atoms with Crippen molar-refractivity contribution < 1.29 is 9.53 Å². The van der Waals surface area contributed by atoms with Gasteiger partial charge in [-0.3, -0.25) is 0 Å². The molecule has 0 radical (unpaired) electrons. The second-order valence-corrected chi connectivity index (χ2v) is 6.26. The molecule has 1 atom stereocenters. The molecule has 0 aromatic heterocycles. The largest absolute Gasteiger partial charge is 0.465 e. The fraction of sp³-hybridized carbons (Fsp3) is 0.556. The predicted molar refractivity (Wildman–Crippen MR) is 94.4 cm³/mol. The molecule has 0 fully saturated rings. The van der Waals surface area contributed by atoms with Crippen molar-refractivity contribution in [3.63, 3.8) is 0 Å². The minimum absolute atomic E-state index is 0.305. The topological polar surface area (TPSA) is 76.7 Å². The van der Waals surface area contributed by atoms with Crippen molar-refractivity contribution in [2.45, 2.75) is 52.6 Å². The summed E-state index contributed by atoms with van der Waals surface area (Å²) in [7, 11) is 1.37. The standard InChI is InChI=1S/C18H29N3O2/c1-13(2)7-5-8-14(3)21-18(19)20-12-15-9-6-10-16(11-15)17(22)23-4/h6,9-11,13-14H,5,7-8,12H2,1-4H3,(H3,19,20,21). The van der Waals surface area contributed by atoms with E-state index in [1.807, 2.05) is 12.1 Å². The number of aliphatic imine (C=N–C) groups is 1. The maximum Gasteiger partial charge on any atom is 0.337 e. The molecule has 3 N–H and O–H groups in total. The average Bonchev–Trinajstić information content (AvgIpc) is 2.52. The Balaban J connectivity index is 2.48. The fourth-order valence-electron chi connectivity index (χ4n) is 2.29. The summed E-state index contributed by atoms with van der Waals surface area (Å²) in [4.78, 5) is 15.8. The van der Waals surface area contributed by atoms with E-state index >= 15 is 0 Å². The highest BCUT2D eigenvalue weighted by Crippen LogP contribution is 2.09. The van der Waals surface area contributed by atoms with Crippen LogP contribution in [0.25, 0.3) is 0 Å². The Morgan fingerprint density at radius 1 is 1.30 bits per heavy atom. The molecule has 0 aliphatic heterocycles. The number of esters is 1. The molecule has 1 aromatic carbocycles. The number of rotatable bonds is 8. The molecule has 0 heterocycles. The highest BCUT2D eigenvalue weighted by atomic mass is 16.5. The van der Waals surface area contributed by atoms with Crippen molar-refractivity contribution in [2.24, 2.45) is 16.6 Å².